The molecule has 1 aromatic rings. The summed E-state index contributed by atoms with van der Waals surface area (Å²) in [4.78, 5) is 4.63. The molecule has 1 atom stereocenters. The van der Waals surface area contributed by atoms with Gasteiger partial charge in [-0.25, -0.2) is 21.9 Å². The third-order valence-electron chi connectivity index (χ3n) is 2.58. The van der Waals surface area contributed by atoms with Crippen molar-refractivity contribution in [1.29, 1.82) is 0 Å². The molecule has 1 heterocycles. The summed E-state index contributed by atoms with van der Waals surface area (Å²) >= 11 is 0. The Bertz CT molecular complexity index is 616. The molecule has 0 bridgehead atoms. The number of sulfonamides is 1. The Morgan fingerprint density at radius 1 is 1.42 bits per heavy atom. The van der Waals surface area contributed by atoms with Crippen molar-refractivity contribution in [3.63, 3.8) is 0 Å². The van der Waals surface area contributed by atoms with Gasteiger partial charge in [-0.15, -0.1) is 0 Å². The molecule has 1 aromatic carbocycles. The summed E-state index contributed by atoms with van der Waals surface area (Å²) < 4.78 is 51.7. The lowest BCUT2D eigenvalue weighted by Crippen LogP contribution is -2.32. The van der Waals surface area contributed by atoms with E-state index in [4.69, 9.17) is 4.84 Å². The van der Waals surface area contributed by atoms with Crippen molar-refractivity contribution in [2.75, 3.05) is 6.54 Å². The average Bonchev–Trinajstić information content (AvgIpc) is 2.76. The van der Waals surface area contributed by atoms with Crippen molar-refractivity contribution >= 4 is 15.7 Å². The number of hydrogen-bond acceptors (Lipinski definition) is 4. The third kappa shape index (κ3) is 3.27. The van der Waals surface area contributed by atoms with Gasteiger partial charge in [-0.2, -0.15) is 0 Å². The number of oxime groups is 1. The van der Waals surface area contributed by atoms with Gasteiger partial charge in [0.25, 0.3) is 0 Å². The van der Waals surface area contributed by atoms with E-state index in [0.717, 1.165) is 17.8 Å². The fraction of sp³-hybridized carbons (Fsp3) is 0.364. The van der Waals surface area contributed by atoms with Crippen LogP contribution in [0.5, 0.6) is 0 Å². The largest absolute Gasteiger partial charge is 0.391 e. The van der Waals surface area contributed by atoms with Gasteiger partial charge >= 0.3 is 0 Å². The van der Waals surface area contributed by atoms with E-state index < -0.39 is 21.7 Å². The van der Waals surface area contributed by atoms with Crippen LogP contribution in [0.15, 0.2) is 28.3 Å². The highest BCUT2D eigenvalue weighted by Crippen LogP contribution is 2.15. The molecule has 2 rings (SSSR count). The van der Waals surface area contributed by atoms with Crippen molar-refractivity contribution < 1.29 is 22.0 Å². The number of nitrogens with one attached hydrogen (secondary N) is 1. The van der Waals surface area contributed by atoms with Crippen LogP contribution in [0.4, 0.5) is 8.78 Å². The van der Waals surface area contributed by atoms with Crippen LogP contribution in [0.3, 0.4) is 0 Å². The van der Waals surface area contributed by atoms with Crippen LogP contribution in [0.1, 0.15) is 13.3 Å². The van der Waals surface area contributed by atoms with Crippen LogP contribution in [-0.4, -0.2) is 26.8 Å². The van der Waals surface area contributed by atoms with Crippen molar-refractivity contribution in [2.45, 2.75) is 24.3 Å². The van der Waals surface area contributed by atoms with Gasteiger partial charge < -0.3 is 4.84 Å². The Balaban J connectivity index is 2.04. The van der Waals surface area contributed by atoms with E-state index in [1.165, 1.54) is 0 Å². The van der Waals surface area contributed by atoms with E-state index in [0.29, 0.717) is 12.5 Å². The van der Waals surface area contributed by atoms with E-state index in [9.17, 15) is 17.2 Å². The van der Waals surface area contributed by atoms with Crippen molar-refractivity contribution in [3.05, 3.63) is 29.8 Å². The molecule has 0 amide bonds. The number of benzene rings is 1. The van der Waals surface area contributed by atoms with Gasteiger partial charge in [-0.05, 0) is 25.1 Å². The summed E-state index contributed by atoms with van der Waals surface area (Å²) in [6.45, 7) is 1.78. The van der Waals surface area contributed by atoms with Crippen LogP contribution >= 0.6 is 0 Å². The van der Waals surface area contributed by atoms with Gasteiger partial charge in [-0.1, -0.05) is 5.16 Å². The Hall–Kier alpha value is -1.54. The second-order valence-corrected chi connectivity index (χ2v) is 5.95. The summed E-state index contributed by atoms with van der Waals surface area (Å²) in [5, 5.41) is 3.69. The summed E-state index contributed by atoms with van der Waals surface area (Å²) in [5.74, 6) is -2.30. The summed E-state index contributed by atoms with van der Waals surface area (Å²) in [6.07, 6.45) is 0.153. The molecule has 1 aliphatic rings. The van der Waals surface area contributed by atoms with Crippen LogP contribution in [0.25, 0.3) is 0 Å². The van der Waals surface area contributed by atoms with E-state index in [1.807, 2.05) is 0 Å². The highest BCUT2D eigenvalue weighted by Gasteiger charge is 2.22. The topological polar surface area (TPSA) is 67.8 Å². The predicted molar refractivity (Wildman–Crippen MR) is 64.1 cm³/mol. The smallest absolute Gasteiger partial charge is 0.240 e. The Kier molecular flexibility index (Phi) is 3.81. The van der Waals surface area contributed by atoms with E-state index in [2.05, 4.69) is 9.88 Å². The number of halogens is 2. The molecule has 0 aliphatic carbocycles. The number of nitrogens with zero attached hydrogens (tertiary/aromatic N) is 1. The van der Waals surface area contributed by atoms with Gasteiger partial charge in [0.2, 0.25) is 10.0 Å². The lowest BCUT2D eigenvalue weighted by molar-refractivity contribution is 0.0891. The number of hydrogen-bond donors (Lipinski definition) is 1. The molecule has 1 aliphatic heterocycles. The minimum Gasteiger partial charge on any atom is -0.391 e. The van der Waals surface area contributed by atoms with Crippen molar-refractivity contribution in [2.24, 2.45) is 5.16 Å². The fourth-order valence-corrected chi connectivity index (χ4v) is 2.69. The molecule has 0 saturated heterocycles. The molecule has 104 valence electrons. The third-order valence-corrected chi connectivity index (χ3v) is 4.00. The summed E-state index contributed by atoms with van der Waals surface area (Å²) in [6, 6.07) is 2.40. The monoisotopic (exact) mass is 290 g/mol. The lowest BCUT2D eigenvalue weighted by Gasteiger charge is -2.10. The zero-order valence-corrected chi connectivity index (χ0v) is 10.9. The maximum atomic E-state index is 13.0. The highest BCUT2D eigenvalue weighted by atomic mass is 32.2. The van der Waals surface area contributed by atoms with Crippen molar-refractivity contribution in [1.82, 2.24) is 4.72 Å². The Morgan fingerprint density at radius 3 is 2.74 bits per heavy atom. The Labute approximate surface area is 109 Å². The molecule has 0 radical (unpaired) electrons. The minimum absolute atomic E-state index is 0.0160. The molecule has 0 fully saturated rings. The molecule has 8 heteroatoms. The Morgan fingerprint density at radius 2 is 2.16 bits per heavy atom. The van der Waals surface area contributed by atoms with E-state index in [-0.39, 0.29) is 17.5 Å². The zero-order valence-electron chi connectivity index (χ0n) is 10.1. The normalized spacial score (nSPS) is 19.1. The van der Waals surface area contributed by atoms with Gasteiger partial charge in [0.1, 0.15) is 6.10 Å². The molecule has 0 aromatic heterocycles. The first-order chi connectivity index (χ1) is 8.88. The molecule has 5 nitrogen and oxygen atoms in total. The predicted octanol–water partition coefficient (Wildman–Crippen LogP) is 1.41. The summed E-state index contributed by atoms with van der Waals surface area (Å²) in [7, 11) is -3.89. The summed E-state index contributed by atoms with van der Waals surface area (Å²) in [5.41, 5.74) is 0.775. The van der Waals surface area contributed by atoms with Crippen LogP contribution < -0.4 is 4.72 Å². The molecule has 19 heavy (non-hydrogen) atoms. The highest BCUT2D eigenvalue weighted by molar-refractivity contribution is 7.89. The maximum Gasteiger partial charge on any atom is 0.240 e. The van der Waals surface area contributed by atoms with Gasteiger partial charge in [-0.3, -0.25) is 0 Å². The maximum absolute atomic E-state index is 13.0. The molecular weight excluding hydrogens is 278 g/mol. The molecule has 1 N–H and O–H groups in total. The van der Waals surface area contributed by atoms with Gasteiger partial charge in [0.05, 0.1) is 17.2 Å². The quantitative estimate of drug-likeness (QED) is 0.911. The molecule has 0 unspecified atom stereocenters. The molecule has 0 spiro atoms. The van der Waals surface area contributed by atoms with Crippen LogP contribution in [0, 0.1) is 11.6 Å². The van der Waals surface area contributed by atoms with E-state index >= 15 is 0 Å². The average molecular weight is 290 g/mol. The first-order valence-corrected chi connectivity index (χ1v) is 7.01. The number of rotatable bonds is 4. The first kappa shape index (κ1) is 13.9. The minimum atomic E-state index is -3.89. The molecule has 0 saturated carbocycles. The zero-order chi connectivity index (χ0) is 14.0. The van der Waals surface area contributed by atoms with E-state index in [1.54, 1.807) is 6.92 Å². The van der Waals surface area contributed by atoms with Crippen molar-refractivity contribution in [3.8, 4) is 0 Å². The standard InChI is InChI=1S/C11H12F2N2O3S/c1-7-4-8(18-15-7)6-14-19(16,17)9-2-3-10(12)11(13)5-9/h2-3,5,8,14H,4,6H2,1H3/t8-/m1/s1. The molecular formula is C11H12F2N2O3S. The first-order valence-electron chi connectivity index (χ1n) is 5.52. The van der Waals surface area contributed by atoms with Gasteiger partial charge in [0.15, 0.2) is 11.6 Å². The SMILES string of the molecule is CC1=NO[C@@H](CNS(=O)(=O)c2ccc(F)c(F)c2)C1. The van der Waals surface area contributed by atoms with Crippen LogP contribution in [0.2, 0.25) is 0 Å². The van der Waals surface area contributed by atoms with Crippen LogP contribution in [-0.2, 0) is 14.9 Å². The second kappa shape index (κ2) is 5.22. The van der Waals surface area contributed by atoms with Gasteiger partial charge in [0, 0.05) is 6.42 Å². The fourth-order valence-electron chi connectivity index (χ4n) is 1.61. The second-order valence-electron chi connectivity index (χ2n) is 4.19. The lowest BCUT2D eigenvalue weighted by atomic mass is 10.2.